The Morgan fingerprint density at radius 3 is 2.84 bits per heavy atom. The monoisotopic (exact) mass is 351 g/mol. The van der Waals surface area contributed by atoms with Crippen molar-refractivity contribution in [3.63, 3.8) is 0 Å². The lowest BCUT2D eigenvalue weighted by Gasteiger charge is -2.16. The lowest BCUT2D eigenvalue weighted by atomic mass is 10.1. The number of ether oxygens (including phenoxy) is 1. The maximum absolute atomic E-state index is 10.2. The van der Waals surface area contributed by atoms with Gasteiger partial charge in [-0.25, -0.2) is 4.98 Å². The summed E-state index contributed by atoms with van der Waals surface area (Å²) in [5, 5.41) is 49.3. The van der Waals surface area contributed by atoms with Gasteiger partial charge in [0.05, 0.1) is 31.3 Å². The second-order valence-electron chi connectivity index (χ2n) is 5.90. The molecule has 0 saturated carbocycles. The number of hydrogen-bond acceptors (Lipinski definition) is 9. The average Bonchev–Trinajstić information content (AvgIpc) is 3.17. The van der Waals surface area contributed by atoms with E-state index in [1.165, 1.54) is 12.5 Å². The molecule has 0 spiro atoms. The van der Waals surface area contributed by atoms with Crippen LogP contribution in [0.5, 0.6) is 0 Å². The smallest absolute Gasteiger partial charge is 0.177 e. The topological polar surface area (TPSA) is 146 Å². The van der Waals surface area contributed by atoms with Gasteiger partial charge in [-0.15, -0.1) is 5.10 Å². The Kier molecular flexibility index (Phi) is 5.25. The summed E-state index contributed by atoms with van der Waals surface area (Å²) >= 11 is 0. The van der Waals surface area contributed by atoms with Crippen molar-refractivity contribution in [1.29, 1.82) is 0 Å². The highest BCUT2D eigenvalue weighted by Crippen LogP contribution is 2.32. The summed E-state index contributed by atoms with van der Waals surface area (Å²) in [7, 11) is 0. The van der Waals surface area contributed by atoms with Gasteiger partial charge in [0.25, 0.3) is 0 Å². The van der Waals surface area contributed by atoms with Crippen LogP contribution in [-0.2, 0) is 4.74 Å². The Labute approximate surface area is 143 Å². The van der Waals surface area contributed by atoms with Gasteiger partial charge in [-0.05, 0) is 6.92 Å². The summed E-state index contributed by atoms with van der Waals surface area (Å²) in [6.45, 7) is 1.84. The highest BCUT2D eigenvalue weighted by Gasteiger charge is 2.43. The molecule has 2 aromatic rings. The van der Waals surface area contributed by atoms with Crippen molar-refractivity contribution >= 4 is 16.9 Å². The highest BCUT2D eigenvalue weighted by atomic mass is 16.6. The van der Waals surface area contributed by atoms with Crippen molar-refractivity contribution < 1.29 is 25.2 Å². The summed E-state index contributed by atoms with van der Waals surface area (Å²) in [6.07, 6.45) is 0.637. The highest BCUT2D eigenvalue weighted by molar-refractivity contribution is 5.85. The summed E-state index contributed by atoms with van der Waals surface area (Å²) < 4.78 is 7.07. The molecular weight excluding hydrogens is 330 g/mol. The second kappa shape index (κ2) is 7.42. The van der Waals surface area contributed by atoms with Crippen LogP contribution >= 0.6 is 0 Å². The molecule has 3 heterocycles. The number of aliphatic hydroxyl groups excluding tert-OH is 4. The fourth-order valence-electron chi connectivity index (χ4n) is 2.69. The van der Waals surface area contributed by atoms with Crippen molar-refractivity contribution in [2.24, 2.45) is 0 Å². The number of aromatic nitrogens is 4. The van der Waals surface area contributed by atoms with Crippen LogP contribution in [0.3, 0.4) is 0 Å². The maximum Gasteiger partial charge on any atom is 0.177 e. The van der Waals surface area contributed by atoms with Gasteiger partial charge in [0.15, 0.2) is 12.0 Å². The molecule has 1 aliphatic rings. The first kappa shape index (κ1) is 17.7. The van der Waals surface area contributed by atoms with Crippen molar-refractivity contribution in [3.8, 4) is 0 Å². The molecule has 5 N–H and O–H groups in total. The summed E-state index contributed by atoms with van der Waals surface area (Å²) in [6, 6.07) is 0. The standard InChI is InChI=1S/C15H21N5O5/c1-8(5-21)2-3-16-14-11-9(4-18-19-14)20(7-17-11)15-13(24)12(23)10(6-22)25-15/h2,4,7,10,12-13,15,21-24H,3,5-6H2,1H3,(H,16,19)/b8-2+/t10-,12-,13+,15-/m1/s1. The van der Waals surface area contributed by atoms with Gasteiger partial charge in [0.2, 0.25) is 0 Å². The predicted octanol–water partition coefficient (Wildman–Crippen LogP) is -1.21. The lowest BCUT2D eigenvalue weighted by molar-refractivity contribution is -0.0509. The number of nitrogens with zero attached hydrogens (tertiary/aromatic N) is 4. The summed E-state index contributed by atoms with van der Waals surface area (Å²) in [4.78, 5) is 4.28. The molecule has 1 aliphatic heterocycles. The van der Waals surface area contributed by atoms with Gasteiger partial charge in [-0.1, -0.05) is 11.6 Å². The third-order valence-electron chi connectivity index (χ3n) is 4.15. The van der Waals surface area contributed by atoms with Crippen molar-refractivity contribution in [3.05, 3.63) is 24.2 Å². The van der Waals surface area contributed by atoms with E-state index < -0.39 is 31.1 Å². The number of imidazole rings is 1. The quantitative estimate of drug-likeness (QED) is 0.404. The molecule has 10 heteroatoms. The molecule has 3 rings (SSSR count). The zero-order valence-corrected chi connectivity index (χ0v) is 13.6. The molecule has 0 aromatic carbocycles. The van der Waals surface area contributed by atoms with Crippen LogP contribution in [0.15, 0.2) is 24.2 Å². The molecule has 4 atom stereocenters. The van der Waals surface area contributed by atoms with E-state index in [9.17, 15) is 15.3 Å². The van der Waals surface area contributed by atoms with Crippen LogP contribution in [0.1, 0.15) is 13.2 Å². The van der Waals surface area contributed by atoms with Crippen LogP contribution in [0.25, 0.3) is 11.0 Å². The third kappa shape index (κ3) is 3.34. The number of rotatable bonds is 6. The SMILES string of the molecule is C/C(=C\CNc1nncc2c1ncn2[C@@H]1O[C@H](CO)[C@@H](O)[C@@H]1O)CO. The first-order valence-corrected chi connectivity index (χ1v) is 7.87. The molecule has 0 aliphatic carbocycles. The van der Waals surface area contributed by atoms with Crippen LogP contribution in [0.4, 0.5) is 5.82 Å². The van der Waals surface area contributed by atoms with E-state index in [0.29, 0.717) is 23.4 Å². The minimum Gasteiger partial charge on any atom is -0.394 e. The molecule has 0 radical (unpaired) electrons. The largest absolute Gasteiger partial charge is 0.394 e. The second-order valence-corrected chi connectivity index (χ2v) is 5.90. The van der Waals surface area contributed by atoms with Gasteiger partial charge in [-0.2, -0.15) is 5.10 Å². The van der Waals surface area contributed by atoms with E-state index in [-0.39, 0.29) is 6.61 Å². The molecule has 136 valence electrons. The van der Waals surface area contributed by atoms with Crippen LogP contribution in [-0.4, -0.2) is 78.2 Å². The van der Waals surface area contributed by atoms with Gasteiger partial charge < -0.3 is 30.5 Å². The predicted molar refractivity (Wildman–Crippen MR) is 87.7 cm³/mol. The minimum atomic E-state index is -1.20. The molecule has 25 heavy (non-hydrogen) atoms. The number of nitrogens with one attached hydrogen (secondary N) is 1. The lowest BCUT2D eigenvalue weighted by Crippen LogP contribution is -2.33. The number of anilines is 1. The Morgan fingerprint density at radius 1 is 1.36 bits per heavy atom. The van der Waals surface area contributed by atoms with E-state index in [1.54, 1.807) is 4.57 Å². The Morgan fingerprint density at radius 2 is 2.16 bits per heavy atom. The van der Waals surface area contributed by atoms with Crippen molar-refractivity contribution in [2.45, 2.75) is 31.5 Å². The number of aliphatic hydroxyl groups is 4. The molecule has 0 unspecified atom stereocenters. The van der Waals surface area contributed by atoms with Crippen molar-refractivity contribution in [2.75, 3.05) is 25.1 Å². The fourth-order valence-corrected chi connectivity index (χ4v) is 2.69. The molecule has 10 nitrogen and oxygen atoms in total. The zero-order valence-electron chi connectivity index (χ0n) is 13.6. The van der Waals surface area contributed by atoms with Gasteiger partial charge in [0, 0.05) is 6.54 Å². The number of hydrogen-bond donors (Lipinski definition) is 5. The molecule has 0 amide bonds. The normalized spacial score (nSPS) is 27.2. The average molecular weight is 351 g/mol. The van der Waals surface area contributed by atoms with Gasteiger partial charge in [0.1, 0.15) is 23.8 Å². The summed E-state index contributed by atoms with van der Waals surface area (Å²) in [5.74, 6) is 0.449. The van der Waals surface area contributed by atoms with Crippen molar-refractivity contribution in [1.82, 2.24) is 19.7 Å². The summed E-state index contributed by atoms with van der Waals surface area (Å²) in [5.41, 5.74) is 1.92. The molecule has 0 bridgehead atoms. The zero-order chi connectivity index (χ0) is 18.0. The number of fused-ring (bicyclic) bond motifs is 1. The first-order valence-electron chi connectivity index (χ1n) is 7.87. The van der Waals surface area contributed by atoms with E-state index in [4.69, 9.17) is 9.84 Å². The Bertz CT molecular complexity index is 764. The van der Waals surface area contributed by atoms with Crippen LogP contribution in [0.2, 0.25) is 0 Å². The molecule has 1 fully saturated rings. The molecule has 2 aromatic heterocycles. The van der Waals surface area contributed by atoms with Gasteiger partial charge >= 0.3 is 0 Å². The van der Waals surface area contributed by atoms with Gasteiger partial charge in [-0.3, -0.25) is 4.57 Å². The van der Waals surface area contributed by atoms with E-state index in [0.717, 1.165) is 5.57 Å². The van der Waals surface area contributed by atoms with Crippen LogP contribution < -0.4 is 5.32 Å². The van der Waals surface area contributed by atoms with E-state index >= 15 is 0 Å². The molecule has 1 saturated heterocycles. The maximum atomic E-state index is 10.2. The fraction of sp³-hybridized carbons (Fsp3) is 0.533. The third-order valence-corrected chi connectivity index (χ3v) is 4.15. The van der Waals surface area contributed by atoms with E-state index in [1.807, 2.05) is 13.0 Å². The Balaban J connectivity index is 1.86. The first-order chi connectivity index (χ1) is 12.1. The Hall–Kier alpha value is -2.11. The van der Waals surface area contributed by atoms with Crippen LogP contribution in [0, 0.1) is 0 Å². The minimum absolute atomic E-state index is 0.0164. The molecular formula is C15H21N5O5. The van der Waals surface area contributed by atoms with E-state index in [2.05, 4.69) is 20.5 Å².